The predicted molar refractivity (Wildman–Crippen MR) is 93.0 cm³/mol. The molecule has 3 rings (SSSR count). The molecule has 1 fully saturated rings. The number of aliphatic carboxylic acids is 1. The summed E-state index contributed by atoms with van der Waals surface area (Å²) in [4.78, 5) is 10.8. The maximum atomic E-state index is 13.0. The van der Waals surface area contributed by atoms with E-state index in [0.29, 0.717) is 5.75 Å². The Bertz CT molecular complexity index is 863. The van der Waals surface area contributed by atoms with E-state index < -0.39 is 17.6 Å². The van der Waals surface area contributed by atoms with Gasteiger partial charge in [0.15, 0.2) is 0 Å². The summed E-state index contributed by atoms with van der Waals surface area (Å²) in [6.07, 6.45) is -0.198. The molecule has 0 unspecified atom stereocenters. The van der Waals surface area contributed by atoms with Crippen molar-refractivity contribution in [1.82, 2.24) is 5.43 Å². The van der Waals surface area contributed by atoms with Crippen LogP contribution in [0.3, 0.4) is 0 Å². The van der Waals surface area contributed by atoms with E-state index in [9.17, 15) is 18.7 Å². The second kappa shape index (κ2) is 8.91. The molecule has 0 bridgehead atoms. The van der Waals surface area contributed by atoms with Crippen molar-refractivity contribution < 1.29 is 53.0 Å². The molecular formula is C19H18F2N3NaO3. The van der Waals surface area contributed by atoms with Gasteiger partial charge in [-0.05, 0) is 34.7 Å². The first-order chi connectivity index (χ1) is 12.8. The van der Waals surface area contributed by atoms with Gasteiger partial charge in [0.1, 0.15) is 11.4 Å². The van der Waals surface area contributed by atoms with Gasteiger partial charge in [-0.3, -0.25) is 5.43 Å². The molecule has 2 aromatic rings. The van der Waals surface area contributed by atoms with Crippen LogP contribution in [0, 0.1) is 0 Å². The third-order valence-corrected chi connectivity index (χ3v) is 4.48. The fourth-order valence-corrected chi connectivity index (χ4v) is 2.93. The van der Waals surface area contributed by atoms with Crippen LogP contribution in [0.1, 0.15) is 24.3 Å². The standard InChI is InChI=1S/C19H19F2N3O3.Na/c20-19(21)9-14(10-19)13-3-1-11(2-4-13)12-5-7-15(8-6-12)27-17(24-23)16(22)18(25)26;/h1-8,14,24H,9-10,22-23H2,(H,25,26);/q;+1/p-1/b17-16+;. The topological polar surface area (TPSA) is 113 Å². The summed E-state index contributed by atoms with van der Waals surface area (Å²) in [5.74, 6) is 0.961. The van der Waals surface area contributed by atoms with E-state index in [4.69, 9.17) is 16.3 Å². The van der Waals surface area contributed by atoms with Crippen molar-refractivity contribution in [3.8, 4) is 16.9 Å². The molecule has 0 amide bonds. The number of carboxylic acid groups (broad SMARTS) is 1. The fourth-order valence-electron chi connectivity index (χ4n) is 2.93. The van der Waals surface area contributed by atoms with Crippen molar-refractivity contribution in [2.24, 2.45) is 11.6 Å². The minimum atomic E-state index is -2.54. The van der Waals surface area contributed by atoms with Gasteiger partial charge in [0.05, 0.1) is 5.97 Å². The molecule has 5 N–H and O–H groups in total. The summed E-state index contributed by atoms with van der Waals surface area (Å²) in [5.41, 5.74) is 9.44. The van der Waals surface area contributed by atoms with E-state index in [-0.39, 0.29) is 54.2 Å². The Hall–Kier alpha value is -2.13. The molecule has 142 valence electrons. The van der Waals surface area contributed by atoms with Crippen molar-refractivity contribution in [2.75, 3.05) is 0 Å². The van der Waals surface area contributed by atoms with Crippen LogP contribution in [-0.2, 0) is 4.79 Å². The molecule has 9 heteroatoms. The Morgan fingerprint density at radius 3 is 2.00 bits per heavy atom. The van der Waals surface area contributed by atoms with Crippen LogP contribution in [0.4, 0.5) is 8.78 Å². The fraction of sp³-hybridized carbons (Fsp3) is 0.211. The number of alkyl halides is 2. The maximum absolute atomic E-state index is 13.0. The number of halogens is 2. The second-order valence-electron chi connectivity index (χ2n) is 6.38. The summed E-state index contributed by atoms with van der Waals surface area (Å²) >= 11 is 0. The van der Waals surface area contributed by atoms with Gasteiger partial charge >= 0.3 is 29.6 Å². The Morgan fingerprint density at radius 2 is 1.57 bits per heavy atom. The SMILES string of the molecule is NN/C(Oc1ccc(-c2ccc(C3CC(F)(F)C3)cc2)cc1)=C(\N)C(=O)[O-].[Na+]. The first kappa shape index (κ1) is 22.2. The van der Waals surface area contributed by atoms with Crippen molar-refractivity contribution in [3.05, 3.63) is 65.7 Å². The summed E-state index contributed by atoms with van der Waals surface area (Å²) in [7, 11) is 0. The zero-order valence-corrected chi connectivity index (χ0v) is 17.2. The Morgan fingerprint density at radius 1 is 1.07 bits per heavy atom. The van der Waals surface area contributed by atoms with Crippen LogP contribution in [0.25, 0.3) is 11.1 Å². The average molecular weight is 397 g/mol. The molecule has 0 aliphatic heterocycles. The molecule has 0 heterocycles. The Balaban J connectivity index is 0.00000280. The number of benzene rings is 2. The quantitative estimate of drug-likeness (QED) is 0.182. The summed E-state index contributed by atoms with van der Waals surface area (Å²) < 4.78 is 31.3. The predicted octanol–water partition coefficient (Wildman–Crippen LogP) is -1.41. The molecule has 0 spiro atoms. The van der Waals surface area contributed by atoms with Crippen LogP contribution in [0.15, 0.2) is 60.1 Å². The number of hydrogen-bond donors (Lipinski definition) is 3. The van der Waals surface area contributed by atoms with Gasteiger partial charge in [-0.25, -0.2) is 14.6 Å². The number of hydrazine groups is 1. The number of carbonyl (C=O) groups is 1. The number of nitrogens with two attached hydrogens (primary N) is 2. The Labute approximate surface area is 182 Å². The van der Waals surface area contributed by atoms with Crippen LogP contribution in [0.2, 0.25) is 0 Å². The minimum Gasteiger partial charge on any atom is -0.543 e. The Kier molecular flexibility index (Phi) is 7.06. The van der Waals surface area contributed by atoms with E-state index in [1.165, 1.54) is 0 Å². The number of ether oxygens (including phenoxy) is 1. The molecule has 0 aromatic heterocycles. The van der Waals surface area contributed by atoms with Crippen LogP contribution in [0.5, 0.6) is 5.75 Å². The van der Waals surface area contributed by atoms with Crippen molar-refractivity contribution in [3.63, 3.8) is 0 Å². The van der Waals surface area contributed by atoms with Gasteiger partial charge in [-0.15, -0.1) is 0 Å². The largest absolute Gasteiger partial charge is 1.00 e. The van der Waals surface area contributed by atoms with E-state index >= 15 is 0 Å². The van der Waals surface area contributed by atoms with Gasteiger partial charge < -0.3 is 20.4 Å². The third-order valence-electron chi connectivity index (χ3n) is 4.48. The van der Waals surface area contributed by atoms with Gasteiger partial charge in [-0.1, -0.05) is 36.4 Å². The van der Waals surface area contributed by atoms with Gasteiger partial charge in [0.2, 0.25) is 11.8 Å². The van der Waals surface area contributed by atoms with Gasteiger partial charge in [-0.2, -0.15) is 0 Å². The maximum Gasteiger partial charge on any atom is 1.00 e. The monoisotopic (exact) mass is 397 g/mol. The molecule has 28 heavy (non-hydrogen) atoms. The molecule has 0 radical (unpaired) electrons. The molecule has 1 aliphatic rings. The molecular weight excluding hydrogens is 379 g/mol. The first-order valence-electron chi connectivity index (χ1n) is 8.23. The molecule has 0 atom stereocenters. The number of carboxylic acids is 1. The van der Waals surface area contributed by atoms with E-state index in [1.807, 2.05) is 24.3 Å². The van der Waals surface area contributed by atoms with Gasteiger partial charge in [0.25, 0.3) is 0 Å². The van der Waals surface area contributed by atoms with E-state index in [1.54, 1.807) is 24.3 Å². The van der Waals surface area contributed by atoms with Crippen LogP contribution >= 0.6 is 0 Å². The number of rotatable bonds is 6. The molecule has 2 aromatic carbocycles. The molecule has 6 nitrogen and oxygen atoms in total. The van der Waals surface area contributed by atoms with Crippen molar-refractivity contribution >= 4 is 5.97 Å². The zero-order valence-electron chi connectivity index (χ0n) is 15.2. The van der Waals surface area contributed by atoms with E-state index in [0.717, 1.165) is 16.7 Å². The van der Waals surface area contributed by atoms with Gasteiger partial charge in [0, 0.05) is 12.8 Å². The average Bonchev–Trinajstić information content (AvgIpc) is 2.64. The van der Waals surface area contributed by atoms with Crippen LogP contribution in [-0.4, -0.2) is 11.9 Å². The number of carbonyl (C=O) groups excluding carboxylic acids is 1. The normalized spacial score (nSPS) is 16.2. The summed E-state index contributed by atoms with van der Waals surface area (Å²) in [6.45, 7) is 0. The second-order valence-corrected chi connectivity index (χ2v) is 6.38. The molecule has 1 saturated carbocycles. The third kappa shape index (κ3) is 5.02. The first-order valence-corrected chi connectivity index (χ1v) is 8.23. The zero-order chi connectivity index (χ0) is 19.6. The summed E-state index contributed by atoms with van der Waals surface area (Å²) in [5, 5.41) is 10.8. The van der Waals surface area contributed by atoms with Crippen molar-refractivity contribution in [1.29, 1.82) is 0 Å². The number of nitrogens with one attached hydrogen (secondary N) is 1. The summed E-state index contributed by atoms with van der Waals surface area (Å²) in [6, 6.07) is 14.3. The minimum absolute atomic E-state index is 0. The number of hydrogen-bond acceptors (Lipinski definition) is 6. The van der Waals surface area contributed by atoms with E-state index in [2.05, 4.69) is 5.43 Å². The molecule has 1 aliphatic carbocycles. The molecule has 0 saturated heterocycles. The van der Waals surface area contributed by atoms with Crippen LogP contribution < -0.4 is 56.4 Å². The smallest absolute Gasteiger partial charge is 0.543 e. The van der Waals surface area contributed by atoms with Crippen molar-refractivity contribution in [2.45, 2.75) is 24.7 Å².